The molecule has 19 heavy (non-hydrogen) atoms. The first-order valence-electron chi connectivity index (χ1n) is 5.76. The van der Waals surface area contributed by atoms with Crippen LogP contribution in [0.25, 0.3) is 0 Å². The summed E-state index contributed by atoms with van der Waals surface area (Å²) in [6, 6.07) is 0. The molecule has 2 amide bonds. The van der Waals surface area contributed by atoms with Crippen molar-refractivity contribution in [2.75, 3.05) is 0 Å². The number of hydroxylamine groups is 2. The lowest BCUT2D eigenvalue weighted by molar-refractivity contribution is -0.200. The average molecular weight is 271 g/mol. The lowest BCUT2D eigenvalue weighted by Gasteiger charge is -2.16. The zero-order chi connectivity index (χ0) is 14.2. The molecule has 0 aromatic heterocycles. The quantitative estimate of drug-likeness (QED) is 0.511. The highest BCUT2D eigenvalue weighted by Crippen LogP contribution is 2.26. The van der Waals surface area contributed by atoms with E-state index in [0.717, 1.165) is 0 Å². The average Bonchev–Trinajstić information content (AvgIpc) is 2.71. The molecule has 2 aliphatic rings. The number of carbonyl (C=O) groups excluding carboxylic acids is 4. The van der Waals surface area contributed by atoms with Gasteiger partial charge in [-0.05, 0) is 0 Å². The topological polar surface area (TPSA) is 99.2 Å². The molecule has 0 spiro atoms. The highest BCUT2D eigenvalue weighted by atomic mass is 16.8. The minimum Gasteiger partial charge on any atom is -0.432 e. The maximum atomic E-state index is 11.5. The first-order chi connectivity index (χ1) is 8.78. The predicted octanol–water partition coefficient (Wildman–Crippen LogP) is -0.338. The van der Waals surface area contributed by atoms with Crippen molar-refractivity contribution in [1.29, 1.82) is 0 Å². The van der Waals surface area contributed by atoms with Crippen LogP contribution in [-0.4, -0.2) is 40.7 Å². The van der Waals surface area contributed by atoms with Crippen LogP contribution in [0.3, 0.4) is 0 Å². The van der Waals surface area contributed by atoms with E-state index in [2.05, 4.69) is 4.84 Å². The third-order valence-corrected chi connectivity index (χ3v) is 2.59. The second-order valence-corrected chi connectivity index (χ2v) is 4.68. The summed E-state index contributed by atoms with van der Waals surface area (Å²) in [5.74, 6) is -3.83. The smallest absolute Gasteiger partial charge is 0.338 e. The van der Waals surface area contributed by atoms with Crippen LogP contribution in [0.2, 0.25) is 0 Å². The maximum Gasteiger partial charge on any atom is 0.338 e. The van der Waals surface area contributed by atoms with E-state index in [1.165, 1.54) is 13.8 Å². The number of hydrogen-bond donors (Lipinski definition) is 0. The number of ether oxygens (including phenoxy) is 2. The third-order valence-electron chi connectivity index (χ3n) is 2.59. The van der Waals surface area contributed by atoms with E-state index in [1.807, 2.05) is 0 Å². The molecule has 0 saturated carbocycles. The molecule has 2 fully saturated rings. The molecule has 2 rings (SSSR count). The van der Waals surface area contributed by atoms with E-state index in [9.17, 15) is 19.2 Å². The van der Waals surface area contributed by atoms with Gasteiger partial charge in [0.25, 0.3) is 11.8 Å². The Balaban J connectivity index is 1.90. The summed E-state index contributed by atoms with van der Waals surface area (Å²) in [6.07, 6.45) is -1.48. The standard InChI is InChI=1S/C11H13NO7/c1-11(2)17-6(10(16)18-11)5-9(15)19-12-7(13)3-4-8(12)14/h6H,3-5H2,1-2H3/t6-/m0/s1. The van der Waals surface area contributed by atoms with Crippen LogP contribution in [0.5, 0.6) is 0 Å². The minimum atomic E-state index is -1.10. The molecule has 104 valence electrons. The summed E-state index contributed by atoms with van der Waals surface area (Å²) in [4.78, 5) is 50.0. The van der Waals surface area contributed by atoms with Crippen molar-refractivity contribution in [1.82, 2.24) is 5.06 Å². The summed E-state index contributed by atoms with van der Waals surface area (Å²) in [5.41, 5.74) is 0. The normalized spacial score (nSPS) is 25.7. The molecule has 0 aromatic rings. The monoisotopic (exact) mass is 271 g/mol. The summed E-state index contributed by atoms with van der Waals surface area (Å²) in [5, 5.41) is 0.424. The Morgan fingerprint density at radius 2 is 1.89 bits per heavy atom. The summed E-state index contributed by atoms with van der Waals surface area (Å²) >= 11 is 0. The Hall–Kier alpha value is -1.96. The predicted molar refractivity (Wildman–Crippen MR) is 56.8 cm³/mol. The number of amides is 2. The van der Waals surface area contributed by atoms with Gasteiger partial charge in [0.15, 0.2) is 6.10 Å². The van der Waals surface area contributed by atoms with Crippen molar-refractivity contribution in [3.63, 3.8) is 0 Å². The van der Waals surface area contributed by atoms with Gasteiger partial charge in [-0.2, -0.15) is 0 Å². The third kappa shape index (κ3) is 2.90. The van der Waals surface area contributed by atoms with Crippen LogP contribution < -0.4 is 0 Å². The molecule has 2 aliphatic heterocycles. The number of nitrogens with zero attached hydrogens (tertiary/aromatic N) is 1. The van der Waals surface area contributed by atoms with E-state index in [-0.39, 0.29) is 12.8 Å². The Morgan fingerprint density at radius 1 is 1.32 bits per heavy atom. The maximum absolute atomic E-state index is 11.5. The highest BCUT2D eigenvalue weighted by Gasteiger charge is 2.43. The SMILES string of the molecule is CC1(C)OC(=O)[C@H](CC(=O)ON2C(=O)CCC2=O)O1. The molecule has 8 nitrogen and oxygen atoms in total. The van der Waals surface area contributed by atoms with Crippen LogP contribution in [-0.2, 0) is 33.5 Å². The summed E-state index contributed by atoms with van der Waals surface area (Å²) in [6.45, 7) is 3.06. The zero-order valence-corrected chi connectivity index (χ0v) is 10.5. The van der Waals surface area contributed by atoms with E-state index < -0.39 is 42.1 Å². The Labute approximate surface area is 108 Å². The lowest BCUT2D eigenvalue weighted by Crippen LogP contribution is -2.34. The van der Waals surface area contributed by atoms with Crippen molar-refractivity contribution in [2.24, 2.45) is 0 Å². The number of hydrogen-bond acceptors (Lipinski definition) is 7. The Bertz CT molecular complexity index is 440. The molecule has 0 aromatic carbocycles. The molecular formula is C11H13NO7. The Kier molecular flexibility index (Phi) is 3.27. The fourth-order valence-corrected chi connectivity index (χ4v) is 1.80. The van der Waals surface area contributed by atoms with Crippen molar-refractivity contribution in [3.8, 4) is 0 Å². The van der Waals surface area contributed by atoms with E-state index in [4.69, 9.17) is 9.47 Å². The van der Waals surface area contributed by atoms with Gasteiger partial charge in [0, 0.05) is 26.7 Å². The summed E-state index contributed by atoms with van der Waals surface area (Å²) < 4.78 is 10.0. The van der Waals surface area contributed by atoms with Crippen LogP contribution in [0.1, 0.15) is 33.1 Å². The van der Waals surface area contributed by atoms with Gasteiger partial charge >= 0.3 is 11.9 Å². The largest absolute Gasteiger partial charge is 0.432 e. The van der Waals surface area contributed by atoms with Gasteiger partial charge in [0.1, 0.15) is 0 Å². The van der Waals surface area contributed by atoms with Crippen molar-refractivity contribution >= 4 is 23.8 Å². The van der Waals surface area contributed by atoms with Gasteiger partial charge in [-0.3, -0.25) is 9.59 Å². The highest BCUT2D eigenvalue weighted by molar-refractivity contribution is 6.01. The molecule has 0 bridgehead atoms. The van der Waals surface area contributed by atoms with Crippen molar-refractivity contribution in [2.45, 2.75) is 45.0 Å². The lowest BCUT2D eigenvalue weighted by atomic mass is 10.2. The van der Waals surface area contributed by atoms with Crippen molar-refractivity contribution < 1.29 is 33.5 Å². The first-order valence-corrected chi connectivity index (χ1v) is 5.76. The van der Waals surface area contributed by atoms with Crippen LogP contribution in [0.4, 0.5) is 0 Å². The number of esters is 1. The van der Waals surface area contributed by atoms with E-state index >= 15 is 0 Å². The molecule has 0 aliphatic carbocycles. The molecule has 0 unspecified atom stereocenters. The van der Waals surface area contributed by atoms with Gasteiger partial charge in [0.05, 0.1) is 6.42 Å². The molecule has 0 radical (unpaired) electrons. The molecular weight excluding hydrogens is 258 g/mol. The van der Waals surface area contributed by atoms with Gasteiger partial charge in [0.2, 0.25) is 5.79 Å². The molecule has 1 atom stereocenters. The molecule has 2 saturated heterocycles. The second-order valence-electron chi connectivity index (χ2n) is 4.68. The van der Waals surface area contributed by atoms with Gasteiger partial charge in [-0.15, -0.1) is 5.06 Å². The number of cyclic esters (lactones) is 1. The first kappa shape index (κ1) is 13.5. The minimum absolute atomic E-state index is 0.0150. The van der Waals surface area contributed by atoms with Gasteiger partial charge in [-0.1, -0.05) is 0 Å². The van der Waals surface area contributed by atoms with Crippen LogP contribution in [0.15, 0.2) is 0 Å². The molecule has 8 heteroatoms. The van der Waals surface area contributed by atoms with E-state index in [0.29, 0.717) is 5.06 Å². The molecule has 2 heterocycles. The molecule has 0 N–H and O–H groups in total. The fourth-order valence-electron chi connectivity index (χ4n) is 1.80. The van der Waals surface area contributed by atoms with Crippen LogP contribution in [0, 0.1) is 0 Å². The number of carbonyl (C=O) groups is 4. The zero-order valence-electron chi connectivity index (χ0n) is 10.5. The summed E-state index contributed by atoms with van der Waals surface area (Å²) in [7, 11) is 0. The van der Waals surface area contributed by atoms with Gasteiger partial charge in [-0.25, -0.2) is 9.59 Å². The van der Waals surface area contributed by atoms with Crippen LogP contribution >= 0.6 is 0 Å². The second kappa shape index (κ2) is 4.61. The van der Waals surface area contributed by atoms with Crippen molar-refractivity contribution in [3.05, 3.63) is 0 Å². The number of rotatable bonds is 3. The Morgan fingerprint density at radius 3 is 2.37 bits per heavy atom. The number of imide groups is 1. The van der Waals surface area contributed by atoms with E-state index in [1.54, 1.807) is 0 Å². The fraction of sp³-hybridized carbons (Fsp3) is 0.636. The van der Waals surface area contributed by atoms with Gasteiger partial charge < -0.3 is 14.3 Å².